The molecule has 1 heterocycles. The van der Waals surface area contributed by atoms with Crippen LogP contribution in [-0.2, 0) is 4.79 Å². The first-order valence-corrected chi connectivity index (χ1v) is 6.11. The maximum Gasteiger partial charge on any atom is 0.355 e. The average molecular weight is 277 g/mol. The number of aliphatic hydroxyl groups excluding tert-OH is 1. The van der Waals surface area contributed by atoms with Gasteiger partial charge in [-0.3, -0.25) is 0 Å². The van der Waals surface area contributed by atoms with Crippen LogP contribution in [-0.4, -0.2) is 32.6 Å². The summed E-state index contributed by atoms with van der Waals surface area (Å²) in [6.07, 6.45) is 0.534. The first kappa shape index (κ1) is 13.0. The van der Waals surface area contributed by atoms with Gasteiger partial charge in [0.05, 0.1) is 0 Å². The maximum atomic E-state index is 10.9. The van der Waals surface area contributed by atoms with Gasteiger partial charge in [-0.2, -0.15) is 9.36 Å². The Morgan fingerprint density at radius 1 is 1.37 bits per heavy atom. The van der Waals surface area contributed by atoms with Crippen LogP contribution < -0.4 is 4.90 Å². The molecule has 0 spiro atoms. The van der Waals surface area contributed by atoms with E-state index in [-0.39, 0.29) is 5.70 Å². The zero-order valence-corrected chi connectivity index (χ0v) is 10.8. The van der Waals surface area contributed by atoms with Crippen LogP contribution in [0.4, 0.5) is 5.13 Å². The van der Waals surface area contributed by atoms with Gasteiger partial charge in [0, 0.05) is 24.1 Å². The van der Waals surface area contributed by atoms with Gasteiger partial charge in [-0.1, -0.05) is 30.3 Å². The fraction of sp³-hybridized carbons (Fsp3) is 0.0833. The molecule has 0 aliphatic rings. The number of nitrogens with zero attached hydrogens (tertiary/aromatic N) is 3. The van der Waals surface area contributed by atoms with E-state index < -0.39 is 5.97 Å². The van der Waals surface area contributed by atoms with Gasteiger partial charge in [-0.25, -0.2) is 4.79 Å². The van der Waals surface area contributed by atoms with Crippen LogP contribution in [0.15, 0.2) is 42.3 Å². The number of aromatic nitrogens is 2. The third-order valence-electron chi connectivity index (χ3n) is 2.44. The van der Waals surface area contributed by atoms with Gasteiger partial charge in [0.15, 0.2) is 11.5 Å². The molecule has 0 amide bonds. The van der Waals surface area contributed by atoms with E-state index in [4.69, 9.17) is 10.2 Å². The van der Waals surface area contributed by atoms with Crippen molar-refractivity contribution in [2.75, 3.05) is 11.9 Å². The molecule has 19 heavy (non-hydrogen) atoms. The van der Waals surface area contributed by atoms with Crippen LogP contribution >= 0.6 is 11.5 Å². The summed E-state index contributed by atoms with van der Waals surface area (Å²) in [4.78, 5) is 16.4. The van der Waals surface area contributed by atoms with E-state index in [9.17, 15) is 4.79 Å². The molecule has 0 saturated heterocycles. The zero-order chi connectivity index (χ0) is 13.8. The molecule has 1 aromatic carbocycles. The predicted octanol–water partition coefficient (Wildman–Crippen LogP) is 2.13. The Bertz CT molecular complexity index is 610. The number of carbonyl (C=O) groups is 1. The van der Waals surface area contributed by atoms with Crippen molar-refractivity contribution >= 4 is 22.6 Å². The molecule has 0 saturated carbocycles. The second-order valence-corrected chi connectivity index (χ2v) is 4.38. The van der Waals surface area contributed by atoms with Crippen molar-refractivity contribution < 1.29 is 15.0 Å². The van der Waals surface area contributed by atoms with E-state index in [0.717, 1.165) is 17.1 Å². The summed E-state index contributed by atoms with van der Waals surface area (Å²) in [6.45, 7) is 0. The molecule has 0 bridgehead atoms. The number of benzene rings is 1. The molecule has 2 rings (SSSR count). The third-order valence-corrected chi connectivity index (χ3v) is 3.23. The Balaban J connectivity index is 2.29. The topological polar surface area (TPSA) is 86.5 Å². The quantitative estimate of drug-likeness (QED) is 0.657. The van der Waals surface area contributed by atoms with Crippen LogP contribution in [0.25, 0.3) is 11.4 Å². The summed E-state index contributed by atoms with van der Waals surface area (Å²) in [5.74, 6) is -0.711. The SMILES string of the molecule is CN(C(=CO)C(=O)O)c1nc(-c2ccccc2)ns1. The van der Waals surface area contributed by atoms with Crippen molar-refractivity contribution in [1.82, 2.24) is 9.36 Å². The maximum absolute atomic E-state index is 10.9. The molecular weight excluding hydrogens is 266 g/mol. The summed E-state index contributed by atoms with van der Waals surface area (Å²) < 4.78 is 4.17. The van der Waals surface area contributed by atoms with Crippen molar-refractivity contribution in [3.05, 3.63) is 42.3 Å². The van der Waals surface area contributed by atoms with Gasteiger partial charge in [0.25, 0.3) is 0 Å². The van der Waals surface area contributed by atoms with Gasteiger partial charge >= 0.3 is 5.97 Å². The molecule has 2 aromatic rings. The largest absolute Gasteiger partial charge is 0.513 e. The van der Waals surface area contributed by atoms with Gasteiger partial charge in [0.1, 0.15) is 6.26 Å². The number of aliphatic carboxylic acids is 1. The van der Waals surface area contributed by atoms with Crippen molar-refractivity contribution in [1.29, 1.82) is 0 Å². The normalized spacial score (nSPS) is 11.3. The Morgan fingerprint density at radius 3 is 2.63 bits per heavy atom. The number of hydrogen-bond acceptors (Lipinski definition) is 6. The molecule has 0 unspecified atom stereocenters. The molecular formula is C12H11N3O3S. The first-order chi connectivity index (χ1) is 9.13. The van der Waals surface area contributed by atoms with Crippen LogP contribution in [0.2, 0.25) is 0 Å². The molecule has 98 valence electrons. The fourth-order valence-electron chi connectivity index (χ4n) is 1.44. The predicted molar refractivity (Wildman–Crippen MR) is 72.1 cm³/mol. The minimum atomic E-state index is -1.23. The Kier molecular flexibility index (Phi) is 3.76. The van der Waals surface area contributed by atoms with E-state index in [1.807, 2.05) is 30.3 Å². The van der Waals surface area contributed by atoms with Gasteiger partial charge in [0.2, 0.25) is 5.13 Å². The standard InChI is InChI=1S/C12H11N3O3S/c1-15(9(7-16)11(17)18)12-13-10(14-19-12)8-5-3-2-4-6-8/h2-7,16H,1H3,(H,17,18). The van der Waals surface area contributed by atoms with Crippen LogP contribution in [0.3, 0.4) is 0 Å². The molecule has 0 aliphatic carbocycles. The number of carboxylic acids is 1. The number of rotatable bonds is 4. The molecule has 0 radical (unpaired) electrons. The molecule has 7 heteroatoms. The van der Waals surface area contributed by atoms with Crippen LogP contribution in [0.1, 0.15) is 0 Å². The first-order valence-electron chi connectivity index (χ1n) is 5.34. The van der Waals surface area contributed by atoms with Crippen molar-refractivity contribution in [3.8, 4) is 11.4 Å². The van der Waals surface area contributed by atoms with E-state index in [0.29, 0.717) is 17.2 Å². The average Bonchev–Trinajstić information content (AvgIpc) is 2.89. The summed E-state index contributed by atoms with van der Waals surface area (Å²) in [6, 6.07) is 9.36. The van der Waals surface area contributed by atoms with E-state index >= 15 is 0 Å². The molecule has 6 nitrogen and oxygen atoms in total. The molecule has 1 aromatic heterocycles. The molecule has 2 N–H and O–H groups in total. The zero-order valence-electron chi connectivity index (χ0n) is 10.0. The minimum Gasteiger partial charge on any atom is -0.513 e. The molecule has 0 fully saturated rings. The van der Waals surface area contributed by atoms with Crippen molar-refractivity contribution in [3.63, 3.8) is 0 Å². The third kappa shape index (κ3) is 2.71. The Morgan fingerprint density at radius 2 is 2.05 bits per heavy atom. The monoisotopic (exact) mass is 277 g/mol. The lowest BCUT2D eigenvalue weighted by Crippen LogP contribution is -2.22. The van der Waals surface area contributed by atoms with E-state index in [2.05, 4.69) is 9.36 Å². The summed E-state index contributed by atoms with van der Waals surface area (Å²) in [5, 5.41) is 18.2. The highest BCUT2D eigenvalue weighted by Gasteiger charge is 2.18. The van der Waals surface area contributed by atoms with Crippen molar-refractivity contribution in [2.24, 2.45) is 0 Å². The van der Waals surface area contributed by atoms with E-state index in [1.165, 1.54) is 11.9 Å². The summed E-state index contributed by atoms with van der Waals surface area (Å²) in [5.41, 5.74) is 0.582. The number of hydrogen-bond donors (Lipinski definition) is 2. The smallest absolute Gasteiger partial charge is 0.355 e. The number of carboxylic acid groups (broad SMARTS) is 1. The molecule has 0 aliphatic heterocycles. The number of aliphatic hydroxyl groups is 1. The highest BCUT2D eigenvalue weighted by Crippen LogP contribution is 2.25. The second-order valence-electron chi connectivity index (χ2n) is 3.65. The second kappa shape index (κ2) is 5.49. The minimum absolute atomic E-state index is 0.268. The van der Waals surface area contributed by atoms with E-state index in [1.54, 1.807) is 0 Å². The lowest BCUT2D eigenvalue weighted by Gasteiger charge is -2.13. The van der Waals surface area contributed by atoms with Crippen LogP contribution in [0.5, 0.6) is 0 Å². The summed E-state index contributed by atoms with van der Waals surface area (Å²) in [7, 11) is 1.51. The Hall–Kier alpha value is -2.41. The number of anilines is 1. The number of likely N-dealkylation sites (N-methyl/N-ethyl adjacent to an activating group) is 1. The van der Waals surface area contributed by atoms with Gasteiger partial charge < -0.3 is 15.1 Å². The highest BCUT2D eigenvalue weighted by molar-refractivity contribution is 7.10. The fourth-order valence-corrected chi connectivity index (χ4v) is 2.11. The Labute approximate surface area is 113 Å². The lowest BCUT2D eigenvalue weighted by atomic mass is 10.2. The van der Waals surface area contributed by atoms with Gasteiger partial charge in [-0.05, 0) is 0 Å². The summed E-state index contributed by atoms with van der Waals surface area (Å²) >= 11 is 1.06. The van der Waals surface area contributed by atoms with Crippen molar-refractivity contribution in [2.45, 2.75) is 0 Å². The lowest BCUT2D eigenvalue weighted by molar-refractivity contribution is -0.132. The molecule has 0 atom stereocenters. The van der Waals surface area contributed by atoms with Crippen LogP contribution in [0, 0.1) is 0 Å². The highest BCUT2D eigenvalue weighted by atomic mass is 32.1. The van der Waals surface area contributed by atoms with Gasteiger partial charge in [-0.15, -0.1) is 0 Å².